The summed E-state index contributed by atoms with van der Waals surface area (Å²) in [5, 5.41) is 32.7. The number of hydrogen-bond acceptors (Lipinski definition) is 3. The molecule has 106 valence electrons. The van der Waals surface area contributed by atoms with E-state index >= 15 is 0 Å². The Balaban J connectivity index is -0.000000392. The second kappa shape index (κ2) is 9.82. The molecule has 0 aliphatic rings. The van der Waals surface area contributed by atoms with E-state index in [0.29, 0.717) is 0 Å². The first-order chi connectivity index (χ1) is 7.28. The van der Waals surface area contributed by atoms with E-state index in [1.165, 1.54) is 0 Å². The molecule has 0 bridgehead atoms. The van der Waals surface area contributed by atoms with E-state index < -0.39 is 18.3 Å². The molecule has 2 atom stereocenters. The van der Waals surface area contributed by atoms with Gasteiger partial charge in [-0.2, -0.15) is 0 Å². The van der Waals surface area contributed by atoms with Crippen LogP contribution < -0.4 is 15.3 Å². The van der Waals surface area contributed by atoms with Crippen molar-refractivity contribution in [1.82, 2.24) is 0 Å². The molecule has 0 aliphatic heterocycles. The Kier molecular flexibility index (Phi) is 13.1. The van der Waals surface area contributed by atoms with Gasteiger partial charge in [-0.1, -0.05) is 72.6 Å². The molecule has 0 radical (unpaired) electrons. The van der Waals surface area contributed by atoms with Gasteiger partial charge in [-0.25, -0.2) is 0 Å². The van der Waals surface area contributed by atoms with Gasteiger partial charge in [-0.3, -0.25) is 0 Å². The van der Waals surface area contributed by atoms with Crippen molar-refractivity contribution in [3.63, 3.8) is 0 Å². The molecule has 0 aromatic heterocycles. The second-order valence-electron chi connectivity index (χ2n) is 6.99. The molecule has 4 heteroatoms. The van der Waals surface area contributed by atoms with Crippen LogP contribution in [0.3, 0.4) is 0 Å². The maximum Gasteiger partial charge on any atom is 3.00 e. The molecular formula is C14H29O3Y. The van der Waals surface area contributed by atoms with Gasteiger partial charge in [0, 0.05) is 0 Å². The van der Waals surface area contributed by atoms with Crippen molar-refractivity contribution in [2.24, 2.45) is 10.8 Å². The zero-order valence-corrected chi connectivity index (χ0v) is 16.1. The van der Waals surface area contributed by atoms with E-state index in [0.717, 1.165) is 0 Å². The van der Waals surface area contributed by atoms with Crippen LogP contribution >= 0.6 is 0 Å². The monoisotopic (exact) mass is 334 g/mol. The molecule has 18 heavy (non-hydrogen) atoms. The predicted octanol–water partition coefficient (Wildman–Crippen LogP) is 0.679. The van der Waals surface area contributed by atoms with E-state index in [-0.39, 0.29) is 50.0 Å². The van der Waals surface area contributed by atoms with Crippen molar-refractivity contribution < 1.29 is 48.0 Å². The van der Waals surface area contributed by atoms with Crippen LogP contribution in [0.5, 0.6) is 0 Å². The quantitative estimate of drug-likeness (QED) is 0.746. The van der Waals surface area contributed by atoms with E-state index in [1.54, 1.807) is 13.8 Å². The van der Waals surface area contributed by atoms with Crippen molar-refractivity contribution in [2.45, 2.75) is 80.1 Å². The van der Waals surface area contributed by atoms with Crippen molar-refractivity contribution in [2.75, 3.05) is 0 Å². The largest absolute Gasteiger partial charge is 3.00 e. The maximum absolute atomic E-state index is 11.6. The Hall–Kier alpha value is 0.984. The fraction of sp³-hybridized carbons (Fsp3) is 1.00. The van der Waals surface area contributed by atoms with Gasteiger partial charge in [-0.05, 0) is 0 Å². The molecule has 0 N–H and O–H groups in total. The smallest absolute Gasteiger partial charge is 0.852 e. The van der Waals surface area contributed by atoms with Gasteiger partial charge in [0.05, 0.1) is 0 Å². The average molecular weight is 334 g/mol. The van der Waals surface area contributed by atoms with Gasteiger partial charge in [0.1, 0.15) is 0 Å². The van der Waals surface area contributed by atoms with Crippen molar-refractivity contribution >= 4 is 0 Å². The molecule has 0 heterocycles. The first-order valence-corrected chi connectivity index (χ1v) is 6.26. The minimum absolute atomic E-state index is 0. The third-order valence-corrected chi connectivity index (χ3v) is 2.36. The summed E-state index contributed by atoms with van der Waals surface area (Å²) in [6.07, 6.45) is -1.70. The predicted molar refractivity (Wildman–Crippen MR) is 66.2 cm³/mol. The molecule has 0 fully saturated rings. The molecule has 0 aromatic rings. The summed E-state index contributed by atoms with van der Waals surface area (Å²) in [7, 11) is 0. The molecule has 2 unspecified atom stereocenters. The second-order valence-corrected chi connectivity index (χ2v) is 6.99. The maximum atomic E-state index is 11.6. The summed E-state index contributed by atoms with van der Waals surface area (Å²) in [6, 6.07) is 0. The van der Waals surface area contributed by atoms with Crippen LogP contribution in [0, 0.1) is 10.8 Å². The first kappa shape index (κ1) is 24.0. The minimum Gasteiger partial charge on any atom is -0.852 e. The summed E-state index contributed by atoms with van der Waals surface area (Å²) < 4.78 is 0. The summed E-state index contributed by atoms with van der Waals surface area (Å²) in [4.78, 5) is 0. The molecule has 3 nitrogen and oxygen atoms in total. The van der Waals surface area contributed by atoms with Gasteiger partial charge in [0.15, 0.2) is 0 Å². The molecule has 0 rings (SSSR count). The van der Waals surface area contributed by atoms with Crippen LogP contribution in [-0.4, -0.2) is 18.3 Å². The Labute approximate surface area is 138 Å². The van der Waals surface area contributed by atoms with Gasteiger partial charge in [-0.15, -0.1) is 18.3 Å². The van der Waals surface area contributed by atoms with Crippen LogP contribution in [0.1, 0.15) is 61.8 Å². The molecule has 0 spiro atoms. The van der Waals surface area contributed by atoms with Crippen LogP contribution in [0.2, 0.25) is 0 Å². The number of hydrogen-bond donors (Lipinski definition) is 0. The average Bonchev–Trinajstić information content (AvgIpc) is 1.98. The van der Waals surface area contributed by atoms with Crippen LogP contribution in [-0.2, 0) is 32.7 Å². The standard InChI is InChI=1S/C11H22O2.C3H7O.Y/c1-10(2,3)8(12)7-9(13)11(4,5)6;1-3(2)4;/h8-9H,7H2,1-6H3;3H,1-2H3;/q-2;-1;+3. The molecular weight excluding hydrogens is 305 g/mol. The van der Waals surface area contributed by atoms with Crippen LogP contribution in [0.15, 0.2) is 0 Å². The Morgan fingerprint density at radius 1 is 0.722 bits per heavy atom. The number of rotatable bonds is 2. The van der Waals surface area contributed by atoms with E-state index in [2.05, 4.69) is 0 Å². The van der Waals surface area contributed by atoms with Gasteiger partial charge >= 0.3 is 32.7 Å². The summed E-state index contributed by atoms with van der Waals surface area (Å²) in [5.41, 5.74) is -0.595. The first-order valence-electron chi connectivity index (χ1n) is 6.26. The fourth-order valence-corrected chi connectivity index (χ4v) is 0.902. The van der Waals surface area contributed by atoms with Gasteiger partial charge in [0.2, 0.25) is 0 Å². The SMILES string of the molecule is CC(C)(C)C([O-])CC([O-])C(C)(C)C.CC(C)[O-].[Y+3]. The van der Waals surface area contributed by atoms with Gasteiger partial charge < -0.3 is 15.3 Å². The molecule has 0 aromatic carbocycles. The third-order valence-electron chi connectivity index (χ3n) is 2.36. The van der Waals surface area contributed by atoms with E-state index in [1.807, 2.05) is 41.5 Å². The van der Waals surface area contributed by atoms with Crippen molar-refractivity contribution in [3.05, 3.63) is 0 Å². The topological polar surface area (TPSA) is 69.2 Å². The Bertz CT molecular complexity index is 171. The normalized spacial score (nSPS) is 15.3. The van der Waals surface area contributed by atoms with Gasteiger partial charge in [0.25, 0.3) is 0 Å². The Morgan fingerprint density at radius 2 is 0.889 bits per heavy atom. The summed E-state index contributed by atoms with van der Waals surface area (Å²) >= 11 is 0. The Morgan fingerprint density at radius 3 is 1.00 bits per heavy atom. The van der Waals surface area contributed by atoms with Crippen LogP contribution in [0.4, 0.5) is 0 Å². The third kappa shape index (κ3) is 15.0. The summed E-state index contributed by atoms with van der Waals surface area (Å²) in [5.74, 6) is 0. The molecule has 0 saturated heterocycles. The van der Waals surface area contributed by atoms with E-state index in [9.17, 15) is 15.3 Å². The molecule has 0 saturated carbocycles. The molecule has 0 amide bonds. The fourth-order valence-electron chi connectivity index (χ4n) is 0.902. The van der Waals surface area contributed by atoms with Crippen LogP contribution in [0.25, 0.3) is 0 Å². The van der Waals surface area contributed by atoms with Crippen molar-refractivity contribution in [3.8, 4) is 0 Å². The minimum atomic E-state index is -0.755. The summed E-state index contributed by atoms with van der Waals surface area (Å²) in [6.45, 7) is 14.6. The molecule has 0 aliphatic carbocycles. The zero-order valence-electron chi connectivity index (χ0n) is 13.2. The van der Waals surface area contributed by atoms with E-state index in [4.69, 9.17) is 0 Å². The van der Waals surface area contributed by atoms with Crippen molar-refractivity contribution in [1.29, 1.82) is 0 Å². The zero-order chi connectivity index (χ0) is 14.4.